The molecule has 0 radical (unpaired) electrons. The molecule has 0 aromatic heterocycles. The predicted molar refractivity (Wildman–Crippen MR) is 103 cm³/mol. The third-order valence-electron chi connectivity index (χ3n) is 6.03. The summed E-state index contributed by atoms with van der Waals surface area (Å²) in [5, 5.41) is 7.18. The van der Waals surface area contributed by atoms with Crippen LogP contribution < -0.4 is 15.4 Å². The molecule has 1 aromatic rings. The van der Waals surface area contributed by atoms with Crippen LogP contribution in [0.1, 0.15) is 43.7 Å². The van der Waals surface area contributed by atoms with E-state index in [-0.39, 0.29) is 5.41 Å². The van der Waals surface area contributed by atoms with Gasteiger partial charge in [0, 0.05) is 37.4 Å². The first kappa shape index (κ1) is 16.9. The molecule has 2 fully saturated rings. The Bertz CT molecular complexity index is 662. The van der Waals surface area contributed by atoms with Crippen molar-refractivity contribution >= 4 is 11.5 Å². The molecule has 3 aliphatic rings. The van der Waals surface area contributed by atoms with E-state index in [1.54, 1.807) is 7.11 Å². The predicted octanol–water partition coefficient (Wildman–Crippen LogP) is 2.76. The Morgan fingerprint density at radius 2 is 2.12 bits per heavy atom. The Labute approximate surface area is 150 Å². The number of anilines is 1. The number of fused-ring (bicyclic) bond motifs is 2. The molecule has 2 heterocycles. The molecule has 2 aliphatic heterocycles. The van der Waals surface area contributed by atoms with Crippen molar-refractivity contribution in [2.45, 2.75) is 44.6 Å². The summed E-state index contributed by atoms with van der Waals surface area (Å²) in [4.78, 5) is 7.24. The number of hydrogen-bond donors (Lipinski definition) is 2. The first-order valence-corrected chi connectivity index (χ1v) is 9.73. The fourth-order valence-electron chi connectivity index (χ4n) is 4.28. The number of hydrogen-bond acceptors (Lipinski definition) is 4. The average Bonchev–Trinajstić information content (AvgIpc) is 2.85. The van der Waals surface area contributed by atoms with Crippen molar-refractivity contribution in [1.29, 1.82) is 0 Å². The minimum absolute atomic E-state index is 0.127. The van der Waals surface area contributed by atoms with Crippen molar-refractivity contribution in [2.24, 2.45) is 4.99 Å². The minimum Gasteiger partial charge on any atom is -0.496 e. The molecule has 0 unspecified atom stereocenters. The van der Waals surface area contributed by atoms with E-state index in [2.05, 4.69) is 34.6 Å². The lowest BCUT2D eigenvalue weighted by Gasteiger charge is -2.38. The summed E-state index contributed by atoms with van der Waals surface area (Å²) >= 11 is 0. The second-order valence-corrected chi connectivity index (χ2v) is 7.47. The standard InChI is InChI=1S/C20H30N4O/c1-3-22-19-20(6-4-7-20)16-13-18(25-2)15(12-17(16)23-19)14-21-8-11-24-9-5-10-24/h12-13,21H,3-11,14H2,1-2H3,(H,22,23). The van der Waals surface area contributed by atoms with Gasteiger partial charge in [-0.1, -0.05) is 6.42 Å². The van der Waals surface area contributed by atoms with Gasteiger partial charge >= 0.3 is 0 Å². The SMILES string of the molecule is CCN=C1Nc2cc(CNCCN3CCC3)c(OC)cc2C12CCC2. The number of likely N-dealkylation sites (tertiary alicyclic amines) is 1. The summed E-state index contributed by atoms with van der Waals surface area (Å²) in [5.41, 5.74) is 3.96. The van der Waals surface area contributed by atoms with Gasteiger partial charge in [-0.2, -0.15) is 0 Å². The van der Waals surface area contributed by atoms with Crippen LogP contribution in [-0.4, -0.2) is 50.6 Å². The molecule has 0 bridgehead atoms. The van der Waals surface area contributed by atoms with Crippen LogP contribution in [0.15, 0.2) is 17.1 Å². The summed E-state index contributed by atoms with van der Waals surface area (Å²) in [7, 11) is 1.78. The zero-order valence-corrected chi connectivity index (χ0v) is 15.5. The van der Waals surface area contributed by atoms with Gasteiger partial charge in [0.25, 0.3) is 0 Å². The number of methoxy groups -OCH3 is 1. The highest BCUT2D eigenvalue weighted by atomic mass is 16.5. The van der Waals surface area contributed by atoms with Crippen molar-refractivity contribution in [2.75, 3.05) is 45.2 Å². The quantitative estimate of drug-likeness (QED) is 0.748. The van der Waals surface area contributed by atoms with Crippen molar-refractivity contribution < 1.29 is 4.74 Å². The Hall–Kier alpha value is -1.59. The fraction of sp³-hybridized carbons (Fsp3) is 0.650. The Balaban J connectivity index is 1.50. The van der Waals surface area contributed by atoms with Crippen molar-refractivity contribution in [3.8, 4) is 5.75 Å². The van der Waals surface area contributed by atoms with Gasteiger partial charge in [0.2, 0.25) is 0 Å². The van der Waals surface area contributed by atoms with Gasteiger partial charge in [-0.15, -0.1) is 0 Å². The molecule has 1 saturated heterocycles. The maximum atomic E-state index is 5.72. The zero-order valence-electron chi connectivity index (χ0n) is 15.5. The first-order valence-electron chi connectivity index (χ1n) is 9.73. The molecule has 0 atom stereocenters. The largest absolute Gasteiger partial charge is 0.496 e. The highest BCUT2D eigenvalue weighted by molar-refractivity contribution is 6.10. The molecule has 5 heteroatoms. The summed E-state index contributed by atoms with van der Waals surface area (Å²) in [6, 6.07) is 4.52. The summed E-state index contributed by atoms with van der Waals surface area (Å²) in [6.45, 7) is 8.48. The van der Waals surface area contributed by atoms with Gasteiger partial charge in [-0.25, -0.2) is 0 Å². The van der Waals surface area contributed by atoms with E-state index in [0.29, 0.717) is 0 Å². The van der Waals surface area contributed by atoms with Gasteiger partial charge < -0.3 is 20.3 Å². The number of nitrogens with zero attached hydrogens (tertiary/aromatic N) is 2. The monoisotopic (exact) mass is 342 g/mol. The summed E-state index contributed by atoms with van der Waals surface area (Å²) in [5.74, 6) is 2.17. The first-order chi connectivity index (χ1) is 12.3. The number of nitrogens with one attached hydrogen (secondary N) is 2. The summed E-state index contributed by atoms with van der Waals surface area (Å²) < 4.78 is 5.72. The van der Waals surface area contributed by atoms with Gasteiger partial charge in [0.05, 0.1) is 12.5 Å². The normalized spacial score (nSPS) is 22.4. The molecule has 25 heavy (non-hydrogen) atoms. The second-order valence-electron chi connectivity index (χ2n) is 7.47. The highest BCUT2D eigenvalue weighted by Crippen LogP contribution is 2.53. The van der Waals surface area contributed by atoms with E-state index >= 15 is 0 Å². The molecule has 2 N–H and O–H groups in total. The van der Waals surface area contributed by atoms with Crippen LogP contribution in [0.3, 0.4) is 0 Å². The molecular formula is C20H30N4O. The molecule has 1 saturated carbocycles. The van der Waals surface area contributed by atoms with Crippen LogP contribution in [0, 0.1) is 0 Å². The van der Waals surface area contributed by atoms with E-state index < -0.39 is 0 Å². The van der Waals surface area contributed by atoms with Crippen molar-refractivity contribution in [3.05, 3.63) is 23.3 Å². The Kier molecular flexibility index (Phi) is 4.69. The molecule has 4 rings (SSSR count). The maximum Gasteiger partial charge on any atom is 0.123 e. The topological polar surface area (TPSA) is 48.9 Å². The van der Waals surface area contributed by atoms with Gasteiger partial charge in [0.15, 0.2) is 0 Å². The number of aliphatic imine (C=N–C) groups is 1. The third-order valence-corrected chi connectivity index (χ3v) is 6.03. The van der Waals surface area contributed by atoms with Crippen LogP contribution in [-0.2, 0) is 12.0 Å². The smallest absolute Gasteiger partial charge is 0.123 e. The van der Waals surface area contributed by atoms with E-state index in [1.165, 1.54) is 61.4 Å². The van der Waals surface area contributed by atoms with Crippen LogP contribution in [0.25, 0.3) is 0 Å². The van der Waals surface area contributed by atoms with Gasteiger partial charge in [-0.3, -0.25) is 4.99 Å². The molecule has 1 aliphatic carbocycles. The lowest BCUT2D eigenvalue weighted by Crippen LogP contribution is -2.41. The molecule has 1 spiro atoms. The van der Waals surface area contributed by atoms with Crippen molar-refractivity contribution in [1.82, 2.24) is 10.2 Å². The number of benzene rings is 1. The number of rotatable bonds is 7. The van der Waals surface area contributed by atoms with Crippen LogP contribution in [0.2, 0.25) is 0 Å². The van der Waals surface area contributed by atoms with Crippen LogP contribution in [0.4, 0.5) is 5.69 Å². The lowest BCUT2D eigenvalue weighted by atomic mass is 9.65. The Morgan fingerprint density at radius 3 is 2.72 bits per heavy atom. The molecule has 1 aromatic carbocycles. The van der Waals surface area contributed by atoms with E-state index in [0.717, 1.165) is 31.9 Å². The van der Waals surface area contributed by atoms with E-state index in [9.17, 15) is 0 Å². The average molecular weight is 342 g/mol. The number of amidine groups is 1. The second kappa shape index (κ2) is 6.96. The zero-order chi connectivity index (χ0) is 17.3. The van der Waals surface area contributed by atoms with Crippen LogP contribution >= 0.6 is 0 Å². The van der Waals surface area contributed by atoms with Gasteiger partial charge in [0.1, 0.15) is 11.6 Å². The lowest BCUT2D eigenvalue weighted by molar-refractivity contribution is 0.182. The minimum atomic E-state index is 0.127. The Morgan fingerprint density at radius 1 is 1.28 bits per heavy atom. The molecular weight excluding hydrogens is 312 g/mol. The summed E-state index contributed by atoms with van der Waals surface area (Å²) in [6.07, 6.45) is 5.03. The number of ether oxygens (including phenoxy) is 1. The highest BCUT2D eigenvalue weighted by Gasteiger charge is 2.49. The molecule has 136 valence electrons. The maximum absolute atomic E-state index is 5.72. The van der Waals surface area contributed by atoms with Crippen molar-refractivity contribution in [3.63, 3.8) is 0 Å². The molecule has 0 amide bonds. The fourth-order valence-corrected chi connectivity index (χ4v) is 4.28. The van der Waals surface area contributed by atoms with E-state index in [1.807, 2.05) is 0 Å². The van der Waals surface area contributed by atoms with E-state index in [4.69, 9.17) is 9.73 Å². The molecule has 5 nitrogen and oxygen atoms in total. The third kappa shape index (κ3) is 2.93. The van der Waals surface area contributed by atoms with Crippen LogP contribution in [0.5, 0.6) is 5.75 Å². The van der Waals surface area contributed by atoms with Gasteiger partial charge in [-0.05, 0) is 57.0 Å².